The molecule has 2 aromatic carbocycles. The van der Waals surface area contributed by atoms with E-state index < -0.39 is 15.7 Å². The number of benzene rings is 2. The number of rotatable bonds is 7. The quantitative estimate of drug-likeness (QED) is 0.374. The molecule has 0 unspecified atom stereocenters. The Morgan fingerprint density at radius 3 is 2.64 bits per heavy atom. The Hall–Kier alpha value is -2.52. The number of hydrogen-bond acceptors (Lipinski definition) is 5. The Bertz CT molecular complexity index is 1340. The highest BCUT2D eigenvalue weighted by molar-refractivity contribution is 7.91. The standard InChI is InChI=1S/C24H26ClFN3O3S/c1-4-33(30,31)17-8-5-7-15(11-17)18-13-20(26)23(32-10-6-9-27)22-21(18)19-12-16(25)14-28-24(19)29(22,2)3/h5,7-8,11-14H,4,6,9-10,27H2,1-3H3/q+1. The summed E-state index contributed by atoms with van der Waals surface area (Å²) in [5.74, 6) is 0.277. The minimum Gasteiger partial charge on any atom is -0.485 e. The van der Waals surface area contributed by atoms with Crippen molar-refractivity contribution in [3.05, 3.63) is 53.4 Å². The van der Waals surface area contributed by atoms with Crippen LogP contribution < -0.4 is 15.0 Å². The maximum Gasteiger partial charge on any atom is 0.240 e. The number of nitrogens with two attached hydrogens (primary N) is 1. The predicted octanol–water partition coefficient (Wildman–Crippen LogP) is 4.94. The Labute approximate surface area is 198 Å². The number of ether oxygens (including phenoxy) is 1. The van der Waals surface area contributed by atoms with E-state index in [1.54, 1.807) is 43.5 Å². The number of hydrogen-bond donors (Lipinski definition) is 1. The van der Waals surface area contributed by atoms with Crippen LogP contribution in [-0.4, -0.2) is 46.4 Å². The van der Waals surface area contributed by atoms with Gasteiger partial charge in [-0.05, 0) is 48.4 Å². The van der Waals surface area contributed by atoms with Crippen LogP contribution in [0.3, 0.4) is 0 Å². The van der Waals surface area contributed by atoms with Gasteiger partial charge in [0.25, 0.3) is 0 Å². The second-order valence-electron chi connectivity index (χ2n) is 8.36. The zero-order valence-corrected chi connectivity index (χ0v) is 20.3. The monoisotopic (exact) mass is 490 g/mol. The Morgan fingerprint density at radius 2 is 1.94 bits per heavy atom. The SMILES string of the molecule is CCS(=O)(=O)c1cccc(-c2cc(F)c(OCCCN)c3c2-c2cc(Cl)cnc2[N+]3(C)C)c1. The third kappa shape index (κ3) is 4.01. The molecule has 174 valence electrons. The van der Waals surface area contributed by atoms with E-state index >= 15 is 4.39 Å². The van der Waals surface area contributed by atoms with E-state index in [9.17, 15) is 8.42 Å². The summed E-state index contributed by atoms with van der Waals surface area (Å²) in [7, 11) is 0.377. The van der Waals surface area contributed by atoms with Gasteiger partial charge < -0.3 is 10.5 Å². The number of quaternary nitrogens is 1. The van der Waals surface area contributed by atoms with Crippen molar-refractivity contribution in [2.75, 3.05) is 33.0 Å². The van der Waals surface area contributed by atoms with E-state index in [1.807, 2.05) is 14.1 Å². The molecule has 0 spiro atoms. The molecule has 0 aliphatic carbocycles. The van der Waals surface area contributed by atoms with Crippen LogP contribution in [0.2, 0.25) is 5.02 Å². The number of nitrogens with zero attached hydrogens (tertiary/aromatic N) is 2. The van der Waals surface area contributed by atoms with E-state index in [-0.39, 0.29) is 27.5 Å². The number of fused-ring (bicyclic) bond motifs is 3. The molecule has 3 aromatic rings. The molecule has 6 nitrogen and oxygen atoms in total. The summed E-state index contributed by atoms with van der Waals surface area (Å²) in [6, 6.07) is 9.76. The molecule has 4 rings (SSSR count). The maximum absolute atomic E-state index is 15.5. The first kappa shape index (κ1) is 23.6. The van der Waals surface area contributed by atoms with Crippen LogP contribution in [0.5, 0.6) is 5.75 Å². The van der Waals surface area contributed by atoms with Crippen molar-refractivity contribution in [3.8, 4) is 28.0 Å². The second kappa shape index (κ2) is 8.68. The number of halogens is 2. The summed E-state index contributed by atoms with van der Waals surface area (Å²) >= 11 is 6.29. The molecule has 0 saturated heterocycles. The molecule has 33 heavy (non-hydrogen) atoms. The highest BCUT2D eigenvalue weighted by atomic mass is 35.5. The molecule has 0 amide bonds. The molecule has 1 aliphatic rings. The van der Waals surface area contributed by atoms with Crippen LogP contribution in [0.15, 0.2) is 47.5 Å². The fourth-order valence-electron chi connectivity index (χ4n) is 4.24. The van der Waals surface area contributed by atoms with Gasteiger partial charge in [-0.15, -0.1) is 0 Å². The number of pyridine rings is 1. The average Bonchev–Trinajstić information content (AvgIpc) is 3.01. The maximum atomic E-state index is 15.5. The lowest BCUT2D eigenvalue weighted by Crippen LogP contribution is -2.33. The molecule has 9 heteroatoms. The summed E-state index contributed by atoms with van der Waals surface area (Å²) in [5.41, 5.74) is 8.81. The summed E-state index contributed by atoms with van der Waals surface area (Å²) in [6.07, 6.45) is 2.14. The average molecular weight is 491 g/mol. The van der Waals surface area contributed by atoms with Crippen molar-refractivity contribution in [2.45, 2.75) is 18.2 Å². The van der Waals surface area contributed by atoms with Gasteiger partial charge in [0.15, 0.2) is 21.3 Å². The van der Waals surface area contributed by atoms with Crippen molar-refractivity contribution >= 4 is 32.9 Å². The van der Waals surface area contributed by atoms with Gasteiger partial charge >= 0.3 is 0 Å². The smallest absolute Gasteiger partial charge is 0.240 e. The molecule has 2 heterocycles. The summed E-state index contributed by atoms with van der Waals surface area (Å²) in [4.78, 5) is 4.74. The van der Waals surface area contributed by atoms with E-state index in [0.717, 1.165) is 11.1 Å². The number of sulfone groups is 1. The van der Waals surface area contributed by atoms with Crippen molar-refractivity contribution in [3.63, 3.8) is 0 Å². The minimum atomic E-state index is -3.43. The van der Waals surface area contributed by atoms with Crippen molar-refractivity contribution in [1.82, 2.24) is 9.47 Å². The summed E-state index contributed by atoms with van der Waals surface area (Å²) < 4.78 is 46.6. The Kier molecular flexibility index (Phi) is 6.22. The molecule has 0 bridgehead atoms. The predicted molar refractivity (Wildman–Crippen MR) is 130 cm³/mol. The summed E-state index contributed by atoms with van der Waals surface area (Å²) in [6.45, 7) is 2.29. The molecular formula is C24H26ClFN3O3S+. The zero-order chi connectivity index (χ0) is 24.0. The Balaban J connectivity index is 2.04. The lowest BCUT2D eigenvalue weighted by molar-refractivity contribution is 0.293. The second-order valence-corrected chi connectivity index (χ2v) is 11.1. The van der Waals surface area contributed by atoms with Gasteiger partial charge in [0.2, 0.25) is 11.6 Å². The zero-order valence-electron chi connectivity index (χ0n) is 18.7. The van der Waals surface area contributed by atoms with Crippen LogP contribution >= 0.6 is 11.6 Å². The topological polar surface area (TPSA) is 82.3 Å². The van der Waals surface area contributed by atoms with Crippen LogP contribution in [-0.2, 0) is 9.84 Å². The van der Waals surface area contributed by atoms with Crippen LogP contribution in [0.4, 0.5) is 15.9 Å². The lowest BCUT2D eigenvalue weighted by atomic mass is 9.94. The van der Waals surface area contributed by atoms with Crippen LogP contribution in [0, 0.1) is 5.82 Å². The van der Waals surface area contributed by atoms with E-state index in [0.29, 0.717) is 40.6 Å². The van der Waals surface area contributed by atoms with Crippen LogP contribution in [0.25, 0.3) is 22.3 Å². The van der Waals surface area contributed by atoms with Gasteiger partial charge in [0.05, 0.1) is 53.7 Å². The third-order valence-electron chi connectivity index (χ3n) is 5.88. The van der Waals surface area contributed by atoms with E-state index in [1.165, 1.54) is 6.07 Å². The first-order valence-electron chi connectivity index (χ1n) is 10.7. The van der Waals surface area contributed by atoms with Gasteiger partial charge in [-0.3, -0.25) is 0 Å². The molecule has 0 fully saturated rings. The molecule has 1 aliphatic heterocycles. The van der Waals surface area contributed by atoms with E-state index in [2.05, 4.69) is 4.98 Å². The minimum absolute atomic E-state index is 0.0247. The third-order valence-corrected chi connectivity index (χ3v) is 7.82. The molecule has 0 saturated carbocycles. The molecule has 0 radical (unpaired) electrons. The normalized spacial score (nSPS) is 14.1. The van der Waals surface area contributed by atoms with Gasteiger partial charge in [0.1, 0.15) is 0 Å². The highest BCUT2D eigenvalue weighted by Gasteiger charge is 2.45. The molecular weight excluding hydrogens is 465 g/mol. The first-order chi connectivity index (χ1) is 15.6. The van der Waals surface area contributed by atoms with Gasteiger partial charge in [0, 0.05) is 0 Å². The van der Waals surface area contributed by atoms with Crippen molar-refractivity contribution in [2.24, 2.45) is 5.73 Å². The van der Waals surface area contributed by atoms with Gasteiger partial charge in [-0.2, -0.15) is 0 Å². The first-order valence-corrected chi connectivity index (χ1v) is 12.7. The van der Waals surface area contributed by atoms with Crippen molar-refractivity contribution < 1.29 is 17.5 Å². The van der Waals surface area contributed by atoms with Crippen LogP contribution in [0.1, 0.15) is 13.3 Å². The van der Waals surface area contributed by atoms with Crippen molar-refractivity contribution in [1.29, 1.82) is 0 Å². The lowest BCUT2D eigenvalue weighted by Gasteiger charge is -2.26. The summed E-state index contributed by atoms with van der Waals surface area (Å²) in [5, 5.41) is 0.449. The fourth-order valence-corrected chi connectivity index (χ4v) is 5.32. The van der Waals surface area contributed by atoms with Gasteiger partial charge in [-0.25, -0.2) is 22.3 Å². The molecule has 1 aromatic heterocycles. The van der Waals surface area contributed by atoms with Gasteiger partial charge in [-0.1, -0.05) is 30.7 Å². The largest absolute Gasteiger partial charge is 0.485 e. The fraction of sp³-hybridized carbons (Fsp3) is 0.292. The van der Waals surface area contributed by atoms with E-state index in [4.69, 9.17) is 22.1 Å². The molecule has 0 atom stereocenters. The molecule has 2 N–H and O–H groups in total. The Morgan fingerprint density at radius 1 is 1.18 bits per heavy atom. The number of aromatic nitrogens is 1. The highest BCUT2D eigenvalue weighted by Crippen LogP contribution is 2.58.